The van der Waals surface area contributed by atoms with E-state index >= 15 is 0 Å². The van der Waals surface area contributed by atoms with Crippen molar-refractivity contribution in [1.29, 1.82) is 0 Å². The second-order valence-electron chi connectivity index (χ2n) is 2.71. The average molecular weight is 294 g/mol. The summed E-state index contributed by atoms with van der Waals surface area (Å²) < 4.78 is 12.9. The first-order chi connectivity index (χ1) is 6.24. The van der Waals surface area contributed by atoms with Crippen LogP contribution < -0.4 is 11.1 Å². The maximum atomic E-state index is 11.8. The summed E-state index contributed by atoms with van der Waals surface area (Å²) in [4.78, 5) is 0. The molecule has 0 amide bonds. The van der Waals surface area contributed by atoms with E-state index in [-0.39, 0.29) is 6.67 Å². The summed E-state index contributed by atoms with van der Waals surface area (Å²) in [6.45, 7) is 0.384. The molecule has 0 aromatic heterocycles. The molecule has 0 aliphatic rings. The van der Waals surface area contributed by atoms with Gasteiger partial charge in [-0.3, -0.25) is 4.39 Å². The zero-order valence-electron chi connectivity index (χ0n) is 7.19. The minimum absolute atomic E-state index is 0.279. The number of benzene rings is 1. The molecular weight excluding hydrogens is 282 g/mol. The van der Waals surface area contributed by atoms with Crippen LogP contribution in [0.15, 0.2) is 18.2 Å². The molecule has 0 aliphatic carbocycles. The van der Waals surface area contributed by atoms with Crippen molar-refractivity contribution in [3.63, 3.8) is 0 Å². The number of rotatable bonds is 4. The first kappa shape index (κ1) is 10.6. The van der Waals surface area contributed by atoms with Crippen LogP contribution in [0.2, 0.25) is 0 Å². The highest BCUT2D eigenvalue weighted by Gasteiger charge is 1.98. The normalized spacial score (nSPS) is 10.0. The van der Waals surface area contributed by atoms with Gasteiger partial charge in [0.25, 0.3) is 0 Å². The molecule has 3 N–H and O–H groups in total. The van der Waals surface area contributed by atoms with Gasteiger partial charge < -0.3 is 11.1 Å². The van der Waals surface area contributed by atoms with Crippen LogP contribution in [0.1, 0.15) is 6.42 Å². The molecular formula is C9H12FIN2. The Morgan fingerprint density at radius 2 is 2.23 bits per heavy atom. The Balaban J connectivity index is 2.56. The molecule has 1 aromatic carbocycles. The number of nitrogens with one attached hydrogen (secondary N) is 1. The van der Waals surface area contributed by atoms with Crippen molar-refractivity contribution in [2.24, 2.45) is 0 Å². The van der Waals surface area contributed by atoms with Gasteiger partial charge in [-0.05, 0) is 47.2 Å². The topological polar surface area (TPSA) is 38.0 Å². The summed E-state index contributed by atoms with van der Waals surface area (Å²) in [7, 11) is 0. The fourth-order valence-corrected chi connectivity index (χ4v) is 1.69. The molecule has 0 aliphatic heterocycles. The number of hydrogen-bond acceptors (Lipinski definition) is 2. The second kappa shape index (κ2) is 5.26. The van der Waals surface area contributed by atoms with E-state index in [0.717, 1.165) is 14.9 Å². The lowest BCUT2D eigenvalue weighted by Gasteiger charge is -2.07. The van der Waals surface area contributed by atoms with Crippen molar-refractivity contribution in [3.8, 4) is 0 Å². The van der Waals surface area contributed by atoms with E-state index in [1.807, 2.05) is 18.2 Å². The van der Waals surface area contributed by atoms with Crippen LogP contribution in [-0.4, -0.2) is 13.2 Å². The van der Waals surface area contributed by atoms with Gasteiger partial charge >= 0.3 is 0 Å². The summed E-state index contributed by atoms with van der Waals surface area (Å²) >= 11 is 2.20. The van der Waals surface area contributed by atoms with Gasteiger partial charge in [-0.2, -0.15) is 0 Å². The molecule has 0 spiro atoms. The Hall–Kier alpha value is -0.520. The Morgan fingerprint density at radius 1 is 1.46 bits per heavy atom. The van der Waals surface area contributed by atoms with E-state index in [2.05, 4.69) is 27.9 Å². The summed E-state index contributed by atoms with van der Waals surface area (Å²) in [5.41, 5.74) is 7.36. The van der Waals surface area contributed by atoms with E-state index in [0.29, 0.717) is 13.0 Å². The van der Waals surface area contributed by atoms with E-state index in [9.17, 15) is 4.39 Å². The third-order valence-electron chi connectivity index (χ3n) is 1.62. The molecule has 13 heavy (non-hydrogen) atoms. The summed E-state index contributed by atoms with van der Waals surface area (Å²) in [6.07, 6.45) is 0.542. The van der Waals surface area contributed by atoms with E-state index in [4.69, 9.17) is 5.73 Å². The van der Waals surface area contributed by atoms with Crippen LogP contribution in [0.3, 0.4) is 0 Å². The second-order valence-corrected chi connectivity index (χ2v) is 3.87. The summed E-state index contributed by atoms with van der Waals surface area (Å²) in [5.74, 6) is 0. The van der Waals surface area contributed by atoms with Crippen LogP contribution in [0, 0.1) is 3.57 Å². The molecule has 0 fully saturated rings. The molecule has 1 aromatic rings. The van der Waals surface area contributed by atoms with Crippen molar-refractivity contribution in [3.05, 3.63) is 21.8 Å². The van der Waals surface area contributed by atoms with Crippen molar-refractivity contribution in [2.75, 3.05) is 24.3 Å². The summed E-state index contributed by atoms with van der Waals surface area (Å²) in [5, 5.41) is 3.14. The highest BCUT2D eigenvalue weighted by atomic mass is 127. The number of hydrogen-bond donors (Lipinski definition) is 2. The van der Waals surface area contributed by atoms with Gasteiger partial charge in [0.05, 0.1) is 6.67 Å². The summed E-state index contributed by atoms with van der Waals surface area (Å²) in [6, 6.07) is 5.63. The molecule has 1 rings (SSSR count). The predicted octanol–water partition coefficient (Wildman–Crippen LogP) is 2.64. The first-order valence-corrected chi connectivity index (χ1v) is 5.17. The quantitative estimate of drug-likeness (QED) is 0.509. The van der Waals surface area contributed by atoms with Crippen LogP contribution in [0.5, 0.6) is 0 Å². The molecule has 4 heteroatoms. The minimum Gasteiger partial charge on any atom is -0.399 e. The highest BCUT2D eigenvalue weighted by molar-refractivity contribution is 14.1. The Kier molecular flexibility index (Phi) is 4.27. The SMILES string of the molecule is Nc1ccc(NCCCF)c(I)c1. The highest BCUT2D eigenvalue weighted by Crippen LogP contribution is 2.20. The van der Waals surface area contributed by atoms with Crippen molar-refractivity contribution < 1.29 is 4.39 Å². The minimum atomic E-state index is -0.279. The molecule has 0 heterocycles. The number of anilines is 2. The van der Waals surface area contributed by atoms with Crippen LogP contribution in [0.4, 0.5) is 15.8 Å². The predicted molar refractivity (Wildman–Crippen MR) is 62.7 cm³/mol. The molecule has 0 radical (unpaired) electrons. The maximum Gasteiger partial charge on any atom is 0.0911 e. The monoisotopic (exact) mass is 294 g/mol. The zero-order chi connectivity index (χ0) is 9.68. The van der Waals surface area contributed by atoms with Crippen molar-refractivity contribution >= 4 is 34.0 Å². The van der Waals surface area contributed by atoms with Gasteiger partial charge in [0.1, 0.15) is 0 Å². The molecule has 0 unspecified atom stereocenters. The van der Waals surface area contributed by atoms with E-state index < -0.39 is 0 Å². The fourth-order valence-electron chi connectivity index (χ4n) is 0.965. The van der Waals surface area contributed by atoms with Gasteiger partial charge in [0.15, 0.2) is 0 Å². The smallest absolute Gasteiger partial charge is 0.0911 e. The number of nitrogen functional groups attached to an aromatic ring is 1. The molecule has 72 valence electrons. The van der Waals surface area contributed by atoms with Gasteiger partial charge in [-0.1, -0.05) is 0 Å². The fraction of sp³-hybridized carbons (Fsp3) is 0.333. The lowest BCUT2D eigenvalue weighted by molar-refractivity contribution is 0.481. The maximum absolute atomic E-state index is 11.8. The number of halogens is 2. The van der Waals surface area contributed by atoms with Gasteiger partial charge in [-0.15, -0.1) is 0 Å². The van der Waals surface area contributed by atoms with E-state index in [1.54, 1.807) is 0 Å². The third-order valence-corrected chi connectivity index (χ3v) is 2.51. The zero-order valence-corrected chi connectivity index (χ0v) is 9.34. The molecule has 0 atom stereocenters. The van der Waals surface area contributed by atoms with Gasteiger partial charge in [0, 0.05) is 21.5 Å². The van der Waals surface area contributed by atoms with Crippen LogP contribution >= 0.6 is 22.6 Å². The van der Waals surface area contributed by atoms with Crippen molar-refractivity contribution in [1.82, 2.24) is 0 Å². The molecule has 2 nitrogen and oxygen atoms in total. The van der Waals surface area contributed by atoms with Gasteiger partial charge in [-0.25, -0.2) is 0 Å². The molecule has 0 saturated carbocycles. The van der Waals surface area contributed by atoms with Crippen LogP contribution in [0.25, 0.3) is 0 Å². The number of alkyl halides is 1. The van der Waals surface area contributed by atoms with Crippen LogP contribution in [-0.2, 0) is 0 Å². The Bertz CT molecular complexity index is 278. The van der Waals surface area contributed by atoms with E-state index in [1.165, 1.54) is 0 Å². The molecule has 0 bridgehead atoms. The third kappa shape index (κ3) is 3.38. The number of nitrogens with two attached hydrogens (primary N) is 1. The Morgan fingerprint density at radius 3 is 2.85 bits per heavy atom. The standard InChI is InChI=1S/C9H12FIN2/c10-4-1-5-13-9-3-2-7(12)6-8(9)11/h2-3,6,13H,1,4-5,12H2. The molecule has 0 saturated heterocycles. The van der Waals surface area contributed by atoms with Crippen molar-refractivity contribution in [2.45, 2.75) is 6.42 Å². The Labute approximate surface area is 90.8 Å². The average Bonchev–Trinajstić information content (AvgIpc) is 2.09. The largest absolute Gasteiger partial charge is 0.399 e. The van der Waals surface area contributed by atoms with Gasteiger partial charge in [0.2, 0.25) is 0 Å². The lowest BCUT2D eigenvalue weighted by atomic mass is 10.3. The first-order valence-electron chi connectivity index (χ1n) is 4.09. The lowest BCUT2D eigenvalue weighted by Crippen LogP contribution is -2.03.